The molecule has 4 nitrogen and oxygen atoms in total. The first-order chi connectivity index (χ1) is 11.6. The minimum absolute atomic E-state index is 0.0235. The van der Waals surface area contributed by atoms with Gasteiger partial charge in [-0.1, -0.05) is 19.1 Å². The lowest BCUT2D eigenvalue weighted by atomic mass is 10.1. The second-order valence-electron chi connectivity index (χ2n) is 5.43. The van der Waals surface area contributed by atoms with Crippen molar-refractivity contribution < 1.29 is 19.0 Å². The van der Waals surface area contributed by atoms with Gasteiger partial charge in [0.25, 0.3) is 0 Å². The van der Waals surface area contributed by atoms with Crippen LogP contribution in [0.15, 0.2) is 48.5 Å². The second kappa shape index (κ2) is 9.08. The first-order valence-electron chi connectivity index (χ1n) is 8.30. The highest BCUT2D eigenvalue weighted by Gasteiger charge is 2.10. The highest BCUT2D eigenvalue weighted by atomic mass is 16.5. The first-order valence-corrected chi connectivity index (χ1v) is 8.30. The monoisotopic (exact) mass is 328 g/mol. The van der Waals surface area contributed by atoms with Gasteiger partial charge < -0.3 is 14.2 Å². The van der Waals surface area contributed by atoms with Gasteiger partial charge in [0, 0.05) is 6.61 Å². The second-order valence-corrected chi connectivity index (χ2v) is 5.43. The summed E-state index contributed by atoms with van der Waals surface area (Å²) >= 11 is 0. The average Bonchev–Trinajstić information content (AvgIpc) is 2.61. The fourth-order valence-electron chi connectivity index (χ4n) is 2.23. The molecule has 0 N–H and O–H groups in total. The minimum Gasteiger partial charge on any atom is -0.494 e. The number of benzene rings is 2. The number of carbonyl (C=O) groups is 1. The van der Waals surface area contributed by atoms with Gasteiger partial charge >= 0.3 is 5.97 Å². The van der Waals surface area contributed by atoms with Crippen LogP contribution in [0, 0.1) is 0 Å². The van der Waals surface area contributed by atoms with Crippen LogP contribution >= 0.6 is 0 Å². The lowest BCUT2D eigenvalue weighted by Crippen LogP contribution is -2.08. The number of ether oxygens (including phenoxy) is 3. The lowest BCUT2D eigenvalue weighted by Gasteiger charge is -2.12. The molecule has 0 saturated carbocycles. The molecular weight excluding hydrogens is 304 g/mol. The van der Waals surface area contributed by atoms with Crippen molar-refractivity contribution in [2.24, 2.45) is 0 Å². The standard InChI is InChI=1S/C20H24O4/c1-4-14-23-18-10-8-17(9-11-18)20(21)24-19-12-6-16(7-13-19)15(3)22-5-2/h6-13,15H,4-5,14H2,1-3H3. The summed E-state index contributed by atoms with van der Waals surface area (Å²) < 4.78 is 16.4. The van der Waals surface area contributed by atoms with Gasteiger partial charge in [-0.25, -0.2) is 4.79 Å². The Morgan fingerprint density at radius 2 is 1.58 bits per heavy atom. The number of esters is 1. The quantitative estimate of drug-likeness (QED) is 0.516. The molecule has 4 heteroatoms. The smallest absolute Gasteiger partial charge is 0.343 e. The molecular formula is C20H24O4. The predicted octanol–water partition coefficient (Wildman–Crippen LogP) is 4.79. The third-order valence-electron chi connectivity index (χ3n) is 3.54. The molecule has 0 fully saturated rings. The molecule has 0 saturated heterocycles. The van der Waals surface area contributed by atoms with Crippen molar-refractivity contribution in [3.05, 3.63) is 59.7 Å². The number of hydrogen-bond donors (Lipinski definition) is 0. The van der Waals surface area contributed by atoms with E-state index in [0.717, 1.165) is 17.7 Å². The maximum atomic E-state index is 12.2. The van der Waals surface area contributed by atoms with Gasteiger partial charge in [0.05, 0.1) is 18.3 Å². The summed E-state index contributed by atoms with van der Waals surface area (Å²) in [4.78, 5) is 12.2. The maximum absolute atomic E-state index is 12.2. The van der Waals surface area contributed by atoms with E-state index >= 15 is 0 Å². The van der Waals surface area contributed by atoms with Crippen molar-refractivity contribution in [2.45, 2.75) is 33.3 Å². The van der Waals surface area contributed by atoms with E-state index in [1.807, 2.05) is 32.9 Å². The largest absolute Gasteiger partial charge is 0.494 e. The van der Waals surface area contributed by atoms with Gasteiger partial charge in [0.15, 0.2) is 0 Å². The Morgan fingerprint density at radius 1 is 0.958 bits per heavy atom. The van der Waals surface area contributed by atoms with Crippen molar-refractivity contribution >= 4 is 5.97 Å². The third kappa shape index (κ3) is 5.10. The van der Waals surface area contributed by atoms with Gasteiger partial charge in [0.1, 0.15) is 11.5 Å². The zero-order valence-corrected chi connectivity index (χ0v) is 14.5. The molecule has 0 heterocycles. The zero-order valence-electron chi connectivity index (χ0n) is 14.5. The Hall–Kier alpha value is -2.33. The molecule has 128 valence electrons. The van der Waals surface area contributed by atoms with E-state index in [1.165, 1.54) is 0 Å². The normalized spacial score (nSPS) is 11.8. The number of carbonyl (C=O) groups excluding carboxylic acids is 1. The van der Waals surface area contributed by atoms with Crippen LogP contribution in [0.3, 0.4) is 0 Å². The molecule has 0 bridgehead atoms. The average molecular weight is 328 g/mol. The van der Waals surface area contributed by atoms with Crippen LogP contribution in [-0.2, 0) is 4.74 Å². The summed E-state index contributed by atoms with van der Waals surface area (Å²) in [6.45, 7) is 7.33. The molecule has 2 aromatic rings. The summed E-state index contributed by atoms with van der Waals surface area (Å²) in [7, 11) is 0. The van der Waals surface area contributed by atoms with E-state index < -0.39 is 0 Å². The Bertz CT molecular complexity index is 632. The molecule has 0 aliphatic carbocycles. The van der Waals surface area contributed by atoms with E-state index in [0.29, 0.717) is 24.5 Å². The van der Waals surface area contributed by atoms with Crippen molar-refractivity contribution in [3.63, 3.8) is 0 Å². The molecule has 2 rings (SSSR count). The SMILES string of the molecule is CCCOc1ccc(C(=O)Oc2ccc(C(C)OCC)cc2)cc1. The lowest BCUT2D eigenvalue weighted by molar-refractivity contribution is 0.0733. The van der Waals surface area contributed by atoms with E-state index in [9.17, 15) is 4.79 Å². The Kier molecular flexibility index (Phi) is 6.82. The minimum atomic E-state index is -0.386. The van der Waals surface area contributed by atoms with Crippen LogP contribution in [0.5, 0.6) is 11.5 Å². The molecule has 0 radical (unpaired) electrons. The summed E-state index contributed by atoms with van der Waals surface area (Å²) in [5, 5.41) is 0. The number of hydrogen-bond acceptors (Lipinski definition) is 4. The molecule has 1 atom stereocenters. The maximum Gasteiger partial charge on any atom is 0.343 e. The Morgan fingerprint density at radius 3 is 2.17 bits per heavy atom. The van der Waals surface area contributed by atoms with Crippen LogP contribution in [0.2, 0.25) is 0 Å². The van der Waals surface area contributed by atoms with Crippen molar-refractivity contribution in [2.75, 3.05) is 13.2 Å². The summed E-state index contributed by atoms with van der Waals surface area (Å²) in [6, 6.07) is 14.3. The Balaban J connectivity index is 1.96. The van der Waals surface area contributed by atoms with Gasteiger partial charge in [-0.15, -0.1) is 0 Å². The molecule has 0 aliphatic rings. The van der Waals surface area contributed by atoms with Crippen LogP contribution in [0.1, 0.15) is 49.2 Å². The van der Waals surface area contributed by atoms with Crippen LogP contribution in [0.4, 0.5) is 0 Å². The van der Waals surface area contributed by atoms with E-state index in [1.54, 1.807) is 36.4 Å². The summed E-state index contributed by atoms with van der Waals surface area (Å²) in [6.07, 6.45) is 0.970. The van der Waals surface area contributed by atoms with Gasteiger partial charge in [0.2, 0.25) is 0 Å². The molecule has 0 amide bonds. The van der Waals surface area contributed by atoms with Crippen LogP contribution in [0.25, 0.3) is 0 Å². The van der Waals surface area contributed by atoms with Crippen LogP contribution < -0.4 is 9.47 Å². The summed E-state index contributed by atoms with van der Waals surface area (Å²) in [5.74, 6) is 0.879. The van der Waals surface area contributed by atoms with Crippen molar-refractivity contribution in [1.29, 1.82) is 0 Å². The summed E-state index contributed by atoms with van der Waals surface area (Å²) in [5.41, 5.74) is 1.54. The molecule has 24 heavy (non-hydrogen) atoms. The molecule has 0 aromatic heterocycles. The molecule has 1 unspecified atom stereocenters. The zero-order chi connectivity index (χ0) is 17.4. The molecule has 2 aromatic carbocycles. The number of rotatable bonds is 8. The third-order valence-corrected chi connectivity index (χ3v) is 3.54. The van der Waals surface area contributed by atoms with Crippen LogP contribution in [-0.4, -0.2) is 19.2 Å². The van der Waals surface area contributed by atoms with Crippen molar-refractivity contribution in [3.8, 4) is 11.5 Å². The topological polar surface area (TPSA) is 44.8 Å². The highest BCUT2D eigenvalue weighted by molar-refractivity contribution is 5.91. The van der Waals surface area contributed by atoms with E-state index in [2.05, 4.69) is 0 Å². The van der Waals surface area contributed by atoms with Crippen molar-refractivity contribution in [1.82, 2.24) is 0 Å². The highest BCUT2D eigenvalue weighted by Crippen LogP contribution is 2.21. The van der Waals surface area contributed by atoms with Gasteiger partial charge in [-0.05, 0) is 62.2 Å². The van der Waals surface area contributed by atoms with E-state index in [4.69, 9.17) is 14.2 Å². The van der Waals surface area contributed by atoms with E-state index in [-0.39, 0.29) is 12.1 Å². The van der Waals surface area contributed by atoms with Gasteiger partial charge in [-0.3, -0.25) is 0 Å². The van der Waals surface area contributed by atoms with Gasteiger partial charge in [-0.2, -0.15) is 0 Å². The fraction of sp³-hybridized carbons (Fsp3) is 0.350. The first kappa shape index (κ1) is 18.0. The predicted molar refractivity (Wildman–Crippen MR) is 93.7 cm³/mol. The molecule has 0 aliphatic heterocycles. The fourth-order valence-corrected chi connectivity index (χ4v) is 2.23. The Labute approximate surface area is 143 Å². The molecule has 0 spiro atoms.